The highest BCUT2D eigenvalue weighted by Crippen LogP contribution is 2.42. The summed E-state index contributed by atoms with van der Waals surface area (Å²) >= 11 is 1.68. The van der Waals surface area contributed by atoms with Gasteiger partial charge in [-0.15, -0.1) is 11.3 Å². The number of carbonyl (C=O) groups excluding carboxylic acids is 1. The van der Waals surface area contributed by atoms with Crippen LogP contribution in [0.2, 0.25) is 0 Å². The molecule has 2 aromatic heterocycles. The maximum absolute atomic E-state index is 12.2. The van der Waals surface area contributed by atoms with Gasteiger partial charge in [0, 0.05) is 40.7 Å². The number of aromatic nitrogens is 2. The van der Waals surface area contributed by atoms with Gasteiger partial charge in [0.25, 0.3) is 0 Å². The van der Waals surface area contributed by atoms with E-state index < -0.39 is 0 Å². The fourth-order valence-electron chi connectivity index (χ4n) is 3.17. The van der Waals surface area contributed by atoms with Crippen molar-refractivity contribution in [3.8, 4) is 0 Å². The number of nitrogens with one attached hydrogen (secondary N) is 1. The number of rotatable bonds is 2. The molecule has 1 atom stereocenters. The number of carbonyl (C=O) groups is 1. The van der Waals surface area contributed by atoms with Gasteiger partial charge in [0.05, 0.1) is 13.2 Å². The third kappa shape index (κ3) is 2.71. The monoisotopic (exact) mass is 345 g/mol. The normalized spacial score (nSPS) is 20.6. The lowest BCUT2D eigenvalue weighted by molar-refractivity contribution is -0.116. The van der Waals surface area contributed by atoms with Gasteiger partial charge in [0.15, 0.2) is 0 Å². The first kappa shape index (κ1) is 15.3. The molecule has 2 aromatic rings. The molecule has 126 valence electrons. The minimum absolute atomic E-state index is 0.0374. The summed E-state index contributed by atoms with van der Waals surface area (Å²) in [7, 11) is 0. The molecule has 2 aliphatic heterocycles. The van der Waals surface area contributed by atoms with E-state index in [1.54, 1.807) is 11.3 Å². The topological polar surface area (TPSA) is 93.4 Å². The smallest absolute Gasteiger partial charge is 0.229 e. The summed E-state index contributed by atoms with van der Waals surface area (Å²) in [6, 6.07) is 4.12. The van der Waals surface area contributed by atoms with Crippen molar-refractivity contribution in [3.05, 3.63) is 27.5 Å². The highest BCUT2D eigenvalue weighted by Gasteiger charge is 2.32. The van der Waals surface area contributed by atoms with Crippen LogP contribution in [-0.4, -0.2) is 42.2 Å². The molecule has 1 fully saturated rings. The summed E-state index contributed by atoms with van der Waals surface area (Å²) in [4.78, 5) is 25.6. The van der Waals surface area contributed by atoms with E-state index in [0.717, 1.165) is 23.5 Å². The van der Waals surface area contributed by atoms with Crippen LogP contribution in [0.3, 0.4) is 0 Å². The lowest BCUT2D eigenvalue weighted by atomic mass is 9.91. The molecule has 24 heavy (non-hydrogen) atoms. The first-order chi connectivity index (χ1) is 11.6. The van der Waals surface area contributed by atoms with E-state index >= 15 is 0 Å². The number of nitrogens with zero attached hydrogens (tertiary/aromatic N) is 3. The van der Waals surface area contributed by atoms with Crippen LogP contribution in [-0.2, 0) is 9.53 Å². The molecular weight excluding hydrogens is 326 g/mol. The Kier molecular flexibility index (Phi) is 3.85. The molecule has 1 saturated heterocycles. The molecule has 0 spiro atoms. The minimum Gasteiger partial charge on any atom is -0.383 e. The van der Waals surface area contributed by atoms with Gasteiger partial charge in [0.1, 0.15) is 11.6 Å². The van der Waals surface area contributed by atoms with Gasteiger partial charge in [-0.25, -0.2) is 0 Å². The van der Waals surface area contributed by atoms with Crippen LogP contribution >= 0.6 is 11.3 Å². The third-order valence-corrected chi connectivity index (χ3v) is 5.47. The number of nitrogens with two attached hydrogens (primary N) is 1. The molecule has 0 aliphatic carbocycles. The number of fused-ring (bicyclic) bond motifs is 1. The molecule has 3 N–H and O–H groups in total. The van der Waals surface area contributed by atoms with Crippen molar-refractivity contribution < 1.29 is 9.53 Å². The number of ether oxygens (including phenoxy) is 1. The second kappa shape index (κ2) is 6.03. The molecule has 2 aliphatic rings. The Morgan fingerprint density at radius 2 is 2.12 bits per heavy atom. The van der Waals surface area contributed by atoms with Crippen LogP contribution in [0, 0.1) is 6.92 Å². The summed E-state index contributed by atoms with van der Waals surface area (Å²) in [5, 5.41) is 2.86. The zero-order chi connectivity index (χ0) is 16.7. The van der Waals surface area contributed by atoms with Gasteiger partial charge in [-0.1, -0.05) is 0 Å². The van der Waals surface area contributed by atoms with Crippen molar-refractivity contribution in [2.45, 2.75) is 19.3 Å². The number of hydrogen-bond acceptors (Lipinski definition) is 7. The zero-order valence-corrected chi connectivity index (χ0v) is 14.2. The van der Waals surface area contributed by atoms with Gasteiger partial charge >= 0.3 is 0 Å². The Morgan fingerprint density at radius 3 is 2.83 bits per heavy atom. The van der Waals surface area contributed by atoms with Gasteiger partial charge in [-0.2, -0.15) is 9.97 Å². The molecule has 4 heterocycles. The van der Waals surface area contributed by atoms with Crippen molar-refractivity contribution >= 4 is 34.8 Å². The molecule has 4 rings (SSSR count). The van der Waals surface area contributed by atoms with E-state index in [1.807, 2.05) is 4.90 Å². The van der Waals surface area contributed by atoms with Gasteiger partial charge < -0.3 is 20.7 Å². The average molecular weight is 345 g/mol. The SMILES string of the molecule is Cc1ccc(C2CC(=O)Nc3nc(N4CCOCC4)nc(N)c32)s1. The lowest BCUT2D eigenvalue weighted by Crippen LogP contribution is -2.38. The number of aryl methyl sites for hydroxylation is 1. The third-order valence-electron chi connectivity index (χ3n) is 4.36. The zero-order valence-electron chi connectivity index (χ0n) is 13.4. The summed E-state index contributed by atoms with van der Waals surface area (Å²) in [5.74, 6) is 1.42. The summed E-state index contributed by atoms with van der Waals surface area (Å²) in [5.41, 5.74) is 7.10. The van der Waals surface area contributed by atoms with Crippen LogP contribution in [0.5, 0.6) is 0 Å². The number of thiophene rings is 1. The van der Waals surface area contributed by atoms with E-state index in [1.165, 1.54) is 4.88 Å². The fraction of sp³-hybridized carbons (Fsp3) is 0.438. The predicted molar refractivity (Wildman–Crippen MR) is 93.6 cm³/mol. The predicted octanol–water partition coefficient (Wildman–Crippen LogP) is 1.74. The highest BCUT2D eigenvalue weighted by atomic mass is 32.1. The van der Waals surface area contributed by atoms with Crippen molar-refractivity contribution in [3.63, 3.8) is 0 Å². The van der Waals surface area contributed by atoms with E-state index in [9.17, 15) is 4.79 Å². The first-order valence-corrected chi connectivity index (χ1v) is 8.80. The molecule has 8 heteroatoms. The molecule has 0 saturated carbocycles. The summed E-state index contributed by atoms with van der Waals surface area (Å²) in [6.45, 7) is 4.78. The number of hydrogen-bond donors (Lipinski definition) is 2. The molecule has 1 amide bonds. The van der Waals surface area contributed by atoms with Crippen LogP contribution in [0.15, 0.2) is 12.1 Å². The molecule has 0 bridgehead atoms. The van der Waals surface area contributed by atoms with Crippen LogP contribution in [0.1, 0.15) is 27.7 Å². The Balaban J connectivity index is 1.76. The van der Waals surface area contributed by atoms with E-state index in [-0.39, 0.29) is 11.8 Å². The Labute approximate surface area is 143 Å². The van der Waals surface area contributed by atoms with Crippen LogP contribution < -0.4 is 16.0 Å². The molecule has 0 aromatic carbocycles. The molecule has 1 unspecified atom stereocenters. The van der Waals surface area contributed by atoms with Gasteiger partial charge in [0.2, 0.25) is 11.9 Å². The molecular formula is C16H19N5O2S. The Bertz CT molecular complexity index is 785. The van der Waals surface area contributed by atoms with E-state index in [2.05, 4.69) is 34.3 Å². The van der Waals surface area contributed by atoms with E-state index in [0.29, 0.717) is 37.2 Å². The van der Waals surface area contributed by atoms with Crippen molar-refractivity contribution in [1.82, 2.24) is 9.97 Å². The Hall–Kier alpha value is -2.19. The maximum Gasteiger partial charge on any atom is 0.229 e. The maximum atomic E-state index is 12.2. The highest BCUT2D eigenvalue weighted by molar-refractivity contribution is 7.12. The first-order valence-electron chi connectivity index (χ1n) is 7.98. The van der Waals surface area contributed by atoms with Crippen LogP contribution in [0.25, 0.3) is 0 Å². The molecule has 7 nitrogen and oxygen atoms in total. The van der Waals surface area contributed by atoms with Crippen molar-refractivity contribution in [2.75, 3.05) is 42.3 Å². The standard InChI is InChI=1S/C16H19N5O2S/c1-9-2-3-11(24-9)10-8-12(22)18-15-13(10)14(17)19-16(20-15)21-4-6-23-7-5-21/h2-3,10H,4-8H2,1H3,(H3,17,18,19,20,22). The van der Waals surface area contributed by atoms with Crippen molar-refractivity contribution in [2.24, 2.45) is 0 Å². The quantitative estimate of drug-likeness (QED) is 0.861. The number of morpholine rings is 1. The van der Waals surface area contributed by atoms with Crippen LogP contribution in [0.4, 0.5) is 17.6 Å². The number of amides is 1. The largest absolute Gasteiger partial charge is 0.383 e. The minimum atomic E-state index is -0.0776. The Morgan fingerprint density at radius 1 is 1.33 bits per heavy atom. The average Bonchev–Trinajstić information content (AvgIpc) is 3.01. The van der Waals surface area contributed by atoms with Crippen molar-refractivity contribution in [1.29, 1.82) is 0 Å². The van der Waals surface area contributed by atoms with E-state index in [4.69, 9.17) is 10.5 Å². The van der Waals surface area contributed by atoms with Gasteiger partial charge in [-0.05, 0) is 19.1 Å². The van der Waals surface area contributed by atoms with Gasteiger partial charge in [-0.3, -0.25) is 4.79 Å². The summed E-state index contributed by atoms with van der Waals surface area (Å²) < 4.78 is 5.36. The lowest BCUT2D eigenvalue weighted by Gasteiger charge is -2.30. The second-order valence-electron chi connectivity index (χ2n) is 6.02. The number of nitrogen functional groups attached to an aromatic ring is 1. The second-order valence-corrected chi connectivity index (χ2v) is 7.34. The molecule has 0 radical (unpaired) electrons. The number of anilines is 3. The fourth-order valence-corrected chi connectivity index (χ4v) is 4.16. The summed E-state index contributed by atoms with van der Waals surface area (Å²) in [6.07, 6.45) is 0.372.